The fourth-order valence-corrected chi connectivity index (χ4v) is 1.11. The molecule has 0 saturated carbocycles. The van der Waals surface area contributed by atoms with Crippen LogP contribution in [0.25, 0.3) is 11.4 Å². The van der Waals surface area contributed by atoms with Crippen LogP contribution in [0.2, 0.25) is 0 Å². The second-order valence-electron chi connectivity index (χ2n) is 2.96. The third kappa shape index (κ3) is 2.51. The lowest BCUT2D eigenvalue weighted by atomic mass is 10.3. The first kappa shape index (κ1) is 10.5. The van der Waals surface area contributed by atoms with Gasteiger partial charge in [-0.15, -0.1) is 10.2 Å². The molecule has 0 aromatic carbocycles. The highest BCUT2D eigenvalue weighted by Crippen LogP contribution is 2.14. The molecule has 0 fully saturated rings. The molecule has 0 amide bonds. The predicted molar refractivity (Wildman–Crippen MR) is 54.8 cm³/mol. The number of aromatic nitrogens is 5. The van der Waals surface area contributed by atoms with E-state index < -0.39 is 0 Å². The Hall–Kier alpha value is -2.02. The van der Waals surface area contributed by atoms with Gasteiger partial charge in [-0.05, 0) is 11.3 Å². The number of ether oxygens (including phenoxy) is 2. The lowest BCUT2D eigenvalue weighted by molar-refractivity contribution is 0.144. The molecule has 0 aliphatic rings. The fraction of sp³-hybridized carbons (Fsp3) is 0.333. The van der Waals surface area contributed by atoms with Crippen LogP contribution in [0.5, 0.6) is 5.88 Å². The van der Waals surface area contributed by atoms with Gasteiger partial charge in [-0.25, -0.2) is 4.98 Å². The normalized spacial score (nSPS) is 10.3. The maximum atomic E-state index is 5.32. The van der Waals surface area contributed by atoms with Crippen molar-refractivity contribution < 1.29 is 9.47 Å². The summed E-state index contributed by atoms with van der Waals surface area (Å²) >= 11 is 0. The number of nitrogens with zero attached hydrogens (tertiary/aromatic N) is 4. The number of hydrogen-bond acceptors (Lipinski definition) is 6. The van der Waals surface area contributed by atoms with Crippen LogP contribution in [0.3, 0.4) is 0 Å². The molecule has 0 aliphatic carbocycles. The Morgan fingerprint density at radius 2 is 2.25 bits per heavy atom. The molecule has 2 rings (SSSR count). The van der Waals surface area contributed by atoms with Gasteiger partial charge >= 0.3 is 0 Å². The second kappa shape index (κ2) is 5.17. The lowest BCUT2D eigenvalue weighted by Crippen LogP contribution is -2.05. The van der Waals surface area contributed by atoms with E-state index in [-0.39, 0.29) is 0 Å². The van der Waals surface area contributed by atoms with Gasteiger partial charge in [0.2, 0.25) is 11.7 Å². The summed E-state index contributed by atoms with van der Waals surface area (Å²) in [6, 6.07) is 3.57. The molecule has 0 atom stereocenters. The summed E-state index contributed by atoms with van der Waals surface area (Å²) < 4.78 is 10.2. The summed E-state index contributed by atoms with van der Waals surface area (Å²) in [5.41, 5.74) is 0.785. The maximum absolute atomic E-state index is 5.32. The zero-order valence-electron chi connectivity index (χ0n) is 8.75. The number of rotatable bonds is 5. The van der Waals surface area contributed by atoms with Crippen LogP contribution in [0, 0.1) is 0 Å². The van der Waals surface area contributed by atoms with Gasteiger partial charge in [0.15, 0.2) is 0 Å². The van der Waals surface area contributed by atoms with E-state index in [0.29, 0.717) is 24.9 Å². The van der Waals surface area contributed by atoms with E-state index in [1.54, 1.807) is 19.4 Å². The minimum Gasteiger partial charge on any atom is -0.475 e. The molecule has 16 heavy (non-hydrogen) atoms. The van der Waals surface area contributed by atoms with E-state index in [0.717, 1.165) is 5.56 Å². The van der Waals surface area contributed by atoms with Crippen molar-refractivity contribution in [1.29, 1.82) is 0 Å². The van der Waals surface area contributed by atoms with Gasteiger partial charge in [-0.2, -0.15) is 5.21 Å². The van der Waals surface area contributed by atoms with E-state index in [2.05, 4.69) is 25.6 Å². The maximum Gasteiger partial charge on any atom is 0.213 e. The highest BCUT2D eigenvalue weighted by molar-refractivity contribution is 5.52. The van der Waals surface area contributed by atoms with Gasteiger partial charge in [0.05, 0.1) is 6.61 Å². The largest absolute Gasteiger partial charge is 0.475 e. The molecule has 2 aromatic heterocycles. The second-order valence-corrected chi connectivity index (χ2v) is 2.96. The quantitative estimate of drug-likeness (QED) is 0.730. The molecule has 0 saturated heterocycles. The predicted octanol–water partition coefficient (Wildman–Crippen LogP) is 0.287. The zero-order chi connectivity index (χ0) is 11.2. The van der Waals surface area contributed by atoms with E-state index in [9.17, 15) is 0 Å². The molecule has 0 aliphatic heterocycles. The Bertz CT molecular complexity index is 414. The van der Waals surface area contributed by atoms with Crippen LogP contribution >= 0.6 is 0 Å². The zero-order valence-corrected chi connectivity index (χ0v) is 8.75. The molecule has 2 heterocycles. The van der Waals surface area contributed by atoms with Crippen LogP contribution in [-0.4, -0.2) is 45.9 Å². The summed E-state index contributed by atoms with van der Waals surface area (Å²) in [6.45, 7) is 1.01. The molecule has 7 heteroatoms. The van der Waals surface area contributed by atoms with Crippen LogP contribution in [0.1, 0.15) is 0 Å². The van der Waals surface area contributed by atoms with Gasteiger partial charge < -0.3 is 9.47 Å². The molecule has 0 bridgehead atoms. The number of pyridine rings is 1. The molecule has 7 nitrogen and oxygen atoms in total. The first-order chi connectivity index (χ1) is 7.90. The average Bonchev–Trinajstić information content (AvgIpc) is 2.84. The van der Waals surface area contributed by atoms with Gasteiger partial charge in [-0.3, -0.25) is 0 Å². The summed E-state index contributed by atoms with van der Waals surface area (Å²) in [5.74, 6) is 1.06. The van der Waals surface area contributed by atoms with Crippen molar-refractivity contribution in [1.82, 2.24) is 25.6 Å². The Labute approximate surface area is 91.8 Å². The van der Waals surface area contributed by atoms with Gasteiger partial charge in [-0.1, -0.05) is 0 Å². The average molecular weight is 221 g/mol. The molecular formula is C9H11N5O2. The van der Waals surface area contributed by atoms with Gasteiger partial charge in [0, 0.05) is 24.9 Å². The topological polar surface area (TPSA) is 85.8 Å². The smallest absolute Gasteiger partial charge is 0.213 e. The summed E-state index contributed by atoms with van der Waals surface area (Å²) in [6.07, 6.45) is 1.63. The number of methoxy groups -OCH3 is 1. The monoisotopic (exact) mass is 221 g/mol. The molecule has 2 aromatic rings. The Kier molecular flexibility index (Phi) is 3.39. The van der Waals surface area contributed by atoms with Crippen molar-refractivity contribution in [3.63, 3.8) is 0 Å². The van der Waals surface area contributed by atoms with Crippen molar-refractivity contribution in [2.75, 3.05) is 20.3 Å². The number of H-pyrrole nitrogens is 1. The van der Waals surface area contributed by atoms with Gasteiger partial charge in [0.1, 0.15) is 6.61 Å². The Morgan fingerprint density at radius 1 is 1.31 bits per heavy atom. The number of hydrogen-bond donors (Lipinski definition) is 1. The van der Waals surface area contributed by atoms with Crippen LogP contribution < -0.4 is 4.74 Å². The van der Waals surface area contributed by atoms with Crippen LogP contribution in [0.15, 0.2) is 18.3 Å². The lowest BCUT2D eigenvalue weighted by Gasteiger charge is -2.03. The fourth-order valence-electron chi connectivity index (χ4n) is 1.11. The number of tetrazole rings is 1. The van der Waals surface area contributed by atoms with Crippen LogP contribution in [-0.2, 0) is 4.74 Å². The summed E-state index contributed by atoms with van der Waals surface area (Å²) in [7, 11) is 1.62. The van der Waals surface area contributed by atoms with E-state index in [1.165, 1.54) is 0 Å². The highest BCUT2D eigenvalue weighted by atomic mass is 16.5. The molecular weight excluding hydrogens is 210 g/mol. The Balaban J connectivity index is 2.00. The molecule has 84 valence electrons. The van der Waals surface area contributed by atoms with Crippen molar-refractivity contribution in [2.45, 2.75) is 0 Å². The standard InChI is InChI=1S/C9H11N5O2/c1-15-4-5-16-8-3-2-7(6-10-8)9-11-13-14-12-9/h2-3,6H,4-5H2,1H3,(H,11,12,13,14). The third-order valence-corrected chi connectivity index (χ3v) is 1.88. The Morgan fingerprint density at radius 3 is 2.88 bits per heavy atom. The molecule has 0 spiro atoms. The third-order valence-electron chi connectivity index (χ3n) is 1.88. The molecule has 0 unspecified atom stereocenters. The van der Waals surface area contributed by atoms with Crippen molar-refractivity contribution in [2.24, 2.45) is 0 Å². The van der Waals surface area contributed by atoms with Crippen molar-refractivity contribution in [3.8, 4) is 17.3 Å². The molecule has 0 radical (unpaired) electrons. The molecule has 1 N–H and O–H groups in total. The van der Waals surface area contributed by atoms with E-state index >= 15 is 0 Å². The first-order valence-electron chi connectivity index (χ1n) is 4.72. The summed E-state index contributed by atoms with van der Waals surface area (Å²) in [4.78, 5) is 4.11. The van der Waals surface area contributed by atoms with Gasteiger partial charge in [0.25, 0.3) is 0 Å². The minimum absolute atomic E-state index is 0.477. The minimum atomic E-state index is 0.477. The van der Waals surface area contributed by atoms with E-state index in [1.807, 2.05) is 6.07 Å². The first-order valence-corrected chi connectivity index (χ1v) is 4.72. The SMILES string of the molecule is COCCOc1ccc(-c2nn[nH]n2)cn1. The van der Waals surface area contributed by atoms with Crippen molar-refractivity contribution >= 4 is 0 Å². The number of aromatic amines is 1. The van der Waals surface area contributed by atoms with E-state index in [4.69, 9.17) is 9.47 Å². The number of nitrogens with one attached hydrogen (secondary N) is 1. The highest BCUT2D eigenvalue weighted by Gasteiger charge is 2.03. The van der Waals surface area contributed by atoms with Crippen LogP contribution in [0.4, 0.5) is 0 Å². The van der Waals surface area contributed by atoms with Crippen molar-refractivity contribution in [3.05, 3.63) is 18.3 Å². The summed E-state index contributed by atoms with van der Waals surface area (Å²) in [5, 5.41) is 13.5.